The Bertz CT molecular complexity index is 624. The second kappa shape index (κ2) is 7.32. The lowest BCUT2D eigenvalue weighted by Crippen LogP contribution is -2.54. The van der Waals surface area contributed by atoms with E-state index in [0.717, 1.165) is 57.4 Å². The Balaban J connectivity index is 1.62. The smallest absolute Gasteiger partial charge is 0.225 e. The fourth-order valence-electron chi connectivity index (χ4n) is 4.31. The number of benzene rings is 1. The van der Waals surface area contributed by atoms with Crippen LogP contribution in [0.5, 0.6) is 5.75 Å². The molecule has 0 radical (unpaired) electrons. The Morgan fingerprint density at radius 1 is 1.24 bits per heavy atom. The van der Waals surface area contributed by atoms with Gasteiger partial charge in [0, 0.05) is 37.6 Å². The summed E-state index contributed by atoms with van der Waals surface area (Å²) in [6.45, 7) is 7.53. The number of carbonyl (C=O) groups excluding carboxylic acids is 1. The molecule has 1 amide bonds. The van der Waals surface area contributed by atoms with Gasteiger partial charge < -0.3 is 9.64 Å². The Morgan fingerprint density at radius 2 is 1.96 bits per heavy atom. The van der Waals surface area contributed by atoms with E-state index in [4.69, 9.17) is 4.74 Å². The van der Waals surface area contributed by atoms with E-state index in [1.54, 1.807) is 12.1 Å². The topological polar surface area (TPSA) is 32.8 Å². The highest BCUT2D eigenvalue weighted by Gasteiger charge is 2.45. The molecule has 25 heavy (non-hydrogen) atoms. The van der Waals surface area contributed by atoms with E-state index in [2.05, 4.69) is 9.80 Å². The molecule has 0 N–H and O–H groups in total. The third kappa shape index (κ3) is 3.66. The Morgan fingerprint density at radius 3 is 2.56 bits per heavy atom. The number of hydrogen-bond acceptors (Lipinski definition) is 3. The summed E-state index contributed by atoms with van der Waals surface area (Å²) in [6.07, 6.45) is 4.27. The second-order valence-electron chi connectivity index (χ2n) is 7.72. The molecule has 2 aliphatic heterocycles. The molecule has 0 aliphatic carbocycles. The number of methoxy groups -OCH3 is 1. The number of nitrogens with zero attached hydrogens (tertiary/aromatic N) is 2. The zero-order valence-corrected chi connectivity index (χ0v) is 15.6. The molecule has 0 atom stereocenters. The van der Waals surface area contributed by atoms with Gasteiger partial charge in [-0.3, -0.25) is 9.69 Å². The van der Waals surface area contributed by atoms with Gasteiger partial charge in [-0.15, -0.1) is 0 Å². The van der Waals surface area contributed by atoms with Crippen LogP contribution in [-0.2, 0) is 11.3 Å². The third-order valence-corrected chi connectivity index (χ3v) is 5.77. The molecule has 3 rings (SSSR count). The van der Waals surface area contributed by atoms with Gasteiger partial charge in [-0.25, -0.2) is 4.39 Å². The van der Waals surface area contributed by atoms with Crippen LogP contribution in [0.1, 0.15) is 45.1 Å². The summed E-state index contributed by atoms with van der Waals surface area (Å²) in [5.74, 6) is 0.339. The molecule has 4 nitrogen and oxygen atoms in total. The largest absolute Gasteiger partial charge is 0.494 e. The molecule has 2 fully saturated rings. The van der Waals surface area contributed by atoms with Gasteiger partial charge in [0.05, 0.1) is 7.11 Å². The molecule has 2 saturated heterocycles. The standard InChI is InChI=1S/C20H29FN2O2/c1-15(2)19(24)23-10-4-7-20(23)8-11-22(12-9-20)14-16-5-6-18(25-3)17(21)13-16/h5-6,13,15H,4,7-12,14H2,1-3H3. The molecule has 2 aliphatic rings. The van der Waals surface area contributed by atoms with Crippen LogP contribution in [0.4, 0.5) is 4.39 Å². The van der Waals surface area contributed by atoms with E-state index in [-0.39, 0.29) is 23.0 Å². The van der Waals surface area contributed by atoms with Crippen LogP contribution < -0.4 is 4.74 Å². The summed E-state index contributed by atoms with van der Waals surface area (Å²) in [4.78, 5) is 17.1. The lowest BCUT2D eigenvalue weighted by molar-refractivity contribution is -0.140. The van der Waals surface area contributed by atoms with Crippen LogP contribution in [0.3, 0.4) is 0 Å². The van der Waals surface area contributed by atoms with Crippen molar-refractivity contribution in [3.8, 4) is 5.75 Å². The monoisotopic (exact) mass is 348 g/mol. The highest BCUT2D eigenvalue weighted by Crippen LogP contribution is 2.39. The molecule has 138 valence electrons. The first-order valence-electron chi connectivity index (χ1n) is 9.31. The van der Waals surface area contributed by atoms with Crippen LogP contribution in [0, 0.1) is 11.7 Å². The zero-order chi connectivity index (χ0) is 18.0. The Labute approximate surface area is 149 Å². The number of rotatable bonds is 4. The van der Waals surface area contributed by atoms with E-state index in [1.807, 2.05) is 19.9 Å². The second-order valence-corrected chi connectivity index (χ2v) is 7.72. The molecule has 0 saturated carbocycles. The van der Waals surface area contributed by atoms with E-state index in [1.165, 1.54) is 7.11 Å². The number of hydrogen-bond donors (Lipinski definition) is 0. The Kier molecular flexibility index (Phi) is 5.32. The molecule has 0 bridgehead atoms. The minimum absolute atomic E-state index is 0.0585. The average Bonchev–Trinajstić information content (AvgIpc) is 2.99. The van der Waals surface area contributed by atoms with Gasteiger partial charge >= 0.3 is 0 Å². The maximum absolute atomic E-state index is 13.9. The minimum atomic E-state index is -0.307. The first kappa shape index (κ1) is 18.2. The number of likely N-dealkylation sites (tertiary alicyclic amines) is 2. The lowest BCUT2D eigenvalue weighted by Gasteiger charge is -2.45. The first-order valence-corrected chi connectivity index (χ1v) is 9.31. The highest BCUT2D eigenvalue weighted by atomic mass is 19.1. The molecular formula is C20H29FN2O2. The number of amides is 1. The van der Waals surface area contributed by atoms with Gasteiger partial charge in [0.1, 0.15) is 0 Å². The Hall–Kier alpha value is -1.62. The fourth-order valence-corrected chi connectivity index (χ4v) is 4.31. The molecule has 1 aromatic carbocycles. The van der Waals surface area contributed by atoms with Gasteiger partial charge in [-0.1, -0.05) is 19.9 Å². The summed E-state index contributed by atoms with van der Waals surface area (Å²) < 4.78 is 18.9. The number of piperidine rings is 1. The fraction of sp³-hybridized carbons (Fsp3) is 0.650. The quantitative estimate of drug-likeness (QED) is 0.835. The summed E-state index contributed by atoms with van der Waals surface area (Å²) >= 11 is 0. The van der Waals surface area contributed by atoms with Gasteiger partial charge in [0.25, 0.3) is 0 Å². The molecule has 0 aromatic heterocycles. The van der Waals surface area contributed by atoms with Crippen LogP contribution >= 0.6 is 0 Å². The zero-order valence-electron chi connectivity index (χ0n) is 15.6. The predicted molar refractivity (Wildman–Crippen MR) is 96.0 cm³/mol. The van der Waals surface area contributed by atoms with Crippen molar-refractivity contribution in [3.05, 3.63) is 29.6 Å². The maximum atomic E-state index is 13.9. The van der Waals surface area contributed by atoms with Crippen molar-refractivity contribution in [2.45, 2.75) is 51.6 Å². The maximum Gasteiger partial charge on any atom is 0.225 e. The van der Waals surface area contributed by atoms with Crippen molar-refractivity contribution in [1.82, 2.24) is 9.80 Å². The average molecular weight is 348 g/mol. The van der Waals surface area contributed by atoms with Crippen LogP contribution in [0.2, 0.25) is 0 Å². The molecule has 0 unspecified atom stereocenters. The van der Waals surface area contributed by atoms with Crippen molar-refractivity contribution in [3.63, 3.8) is 0 Å². The summed E-state index contributed by atoms with van der Waals surface area (Å²) in [5.41, 5.74) is 1.03. The summed E-state index contributed by atoms with van der Waals surface area (Å²) in [5, 5.41) is 0. The van der Waals surface area contributed by atoms with Crippen molar-refractivity contribution in [1.29, 1.82) is 0 Å². The minimum Gasteiger partial charge on any atom is -0.494 e. The van der Waals surface area contributed by atoms with E-state index in [0.29, 0.717) is 5.91 Å². The SMILES string of the molecule is COc1ccc(CN2CCC3(CCCN3C(=O)C(C)C)CC2)cc1F. The number of carbonyl (C=O) groups is 1. The number of halogens is 1. The lowest BCUT2D eigenvalue weighted by atomic mass is 9.84. The van der Waals surface area contributed by atoms with Crippen LogP contribution in [0.25, 0.3) is 0 Å². The number of ether oxygens (including phenoxy) is 1. The van der Waals surface area contributed by atoms with Crippen molar-refractivity contribution in [2.24, 2.45) is 5.92 Å². The van der Waals surface area contributed by atoms with Crippen molar-refractivity contribution in [2.75, 3.05) is 26.7 Å². The summed E-state index contributed by atoms with van der Waals surface area (Å²) in [7, 11) is 1.48. The van der Waals surface area contributed by atoms with Gasteiger partial charge in [-0.05, 0) is 43.4 Å². The van der Waals surface area contributed by atoms with Crippen molar-refractivity contribution >= 4 is 5.91 Å². The van der Waals surface area contributed by atoms with Gasteiger partial charge in [-0.2, -0.15) is 0 Å². The van der Waals surface area contributed by atoms with Gasteiger partial charge in [0.2, 0.25) is 5.91 Å². The van der Waals surface area contributed by atoms with Crippen LogP contribution in [0.15, 0.2) is 18.2 Å². The summed E-state index contributed by atoms with van der Waals surface area (Å²) in [6, 6.07) is 5.18. The molecule has 1 spiro atoms. The van der Waals surface area contributed by atoms with E-state index in [9.17, 15) is 9.18 Å². The molecule has 5 heteroatoms. The highest BCUT2D eigenvalue weighted by molar-refractivity contribution is 5.79. The molecular weight excluding hydrogens is 319 g/mol. The molecule has 2 heterocycles. The normalized spacial score (nSPS) is 20.4. The van der Waals surface area contributed by atoms with E-state index < -0.39 is 0 Å². The van der Waals surface area contributed by atoms with E-state index >= 15 is 0 Å². The van der Waals surface area contributed by atoms with Crippen LogP contribution in [-0.4, -0.2) is 48.0 Å². The third-order valence-electron chi connectivity index (χ3n) is 5.77. The van der Waals surface area contributed by atoms with Crippen molar-refractivity contribution < 1.29 is 13.9 Å². The first-order chi connectivity index (χ1) is 11.9. The molecule has 1 aromatic rings. The predicted octanol–water partition coefficient (Wildman–Crippen LogP) is 3.45. The van der Waals surface area contributed by atoms with Gasteiger partial charge in [0.15, 0.2) is 11.6 Å².